The molecular formula is C27H29F2N3O5. The lowest BCUT2D eigenvalue weighted by atomic mass is 9.86. The molecular weight excluding hydrogens is 484 g/mol. The number of halogens is 2. The Balaban J connectivity index is 1.38. The molecule has 0 atom stereocenters. The second-order valence-electron chi connectivity index (χ2n) is 9.91. The van der Waals surface area contributed by atoms with Crippen LogP contribution >= 0.6 is 0 Å². The summed E-state index contributed by atoms with van der Waals surface area (Å²) in [5.74, 6) is 0.0780. The summed E-state index contributed by atoms with van der Waals surface area (Å²) in [5, 5.41) is 0. The molecule has 3 aliphatic rings. The van der Waals surface area contributed by atoms with Gasteiger partial charge in [-0.3, -0.25) is 14.1 Å². The van der Waals surface area contributed by atoms with Gasteiger partial charge < -0.3 is 18.9 Å². The number of hydrogen-bond donors (Lipinski definition) is 0. The molecule has 10 heteroatoms. The molecule has 0 bridgehead atoms. The Morgan fingerprint density at radius 2 is 1.92 bits per heavy atom. The second kappa shape index (κ2) is 9.66. The van der Waals surface area contributed by atoms with Gasteiger partial charge in [0.25, 0.3) is 0 Å². The number of morpholine rings is 1. The lowest BCUT2D eigenvalue weighted by Gasteiger charge is -2.51. The lowest BCUT2D eigenvalue weighted by molar-refractivity contribution is -0.166. The minimum Gasteiger partial charge on any atom is -0.496 e. The molecule has 6 rings (SSSR count). The van der Waals surface area contributed by atoms with E-state index in [2.05, 4.69) is 16.0 Å². The van der Waals surface area contributed by atoms with E-state index in [-0.39, 0.29) is 28.4 Å². The van der Waals surface area contributed by atoms with Crippen molar-refractivity contribution < 1.29 is 32.5 Å². The number of carbonyl (C=O) groups is 1. The average Bonchev–Trinajstić information content (AvgIpc) is 3.58. The molecule has 0 N–H and O–H groups in total. The molecule has 2 aromatic heterocycles. The number of Topliss-reactive ketones (excluding diaryl/α,β-unsaturated/α-hetero) is 1. The van der Waals surface area contributed by atoms with Crippen molar-refractivity contribution >= 4 is 11.4 Å². The number of ketones is 1. The molecule has 0 amide bonds. The van der Waals surface area contributed by atoms with Gasteiger partial charge in [-0.25, -0.2) is 4.98 Å². The molecule has 0 radical (unpaired) electrons. The van der Waals surface area contributed by atoms with Crippen molar-refractivity contribution in [3.05, 3.63) is 47.8 Å². The number of nitrogens with zero attached hydrogens (tertiary/aromatic N) is 3. The smallest absolute Gasteiger partial charge is 0.387 e. The number of hydrogen-bond acceptors (Lipinski definition) is 7. The third kappa shape index (κ3) is 4.47. The zero-order chi connectivity index (χ0) is 25.6. The highest BCUT2D eigenvalue weighted by Gasteiger charge is 2.46. The lowest BCUT2D eigenvalue weighted by Crippen LogP contribution is -2.62. The number of imidazole rings is 1. The van der Waals surface area contributed by atoms with Crippen molar-refractivity contribution in [1.82, 2.24) is 14.3 Å². The molecule has 3 fully saturated rings. The SMILES string of the molecule is COc1cc(-c2cnc3cc(C4(N5CCOCC5)COC4)ccn23)cc(OC(F)F)c1C(=O)CC1CC1. The van der Waals surface area contributed by atoms with E-state index in [9.17, 15) is 13.6 Å². The predicted octanol–water partition coefficient (Wildman–Crippen LogP) is 4.15. The molecule has 2 aliphatic heterocycles. The van der Waals surface area contributed by atoms with E-state index in [0.29, 0.717) is 50.0 Å². The van der Waals surface area contributed by atoms with Crippen LogP contribution in [0, 0.1) is 5.92 Å². The highest BCUT2D eigenvalue weighted by molar-refractivity contribution is 6.02. The monoisotopic (exact) mass is 513 g/mol. The number of ether oxygens (including phenoxy) is 4. The van der Waals surface area contributed by atoms with E-state index >= 15 is 0 Å². The van der Waals surface area contributed by atoms with Crippen LogP contribution in [-0.2, 0) is 15.0 Å². The van der Waals surface area contributed by atoms with Crippen LogP contribution in [0.4, 0.5) is 8.78 Å². The maximum atomic E-state index is 13.3. The van der Waals surface area contributed by atoms with Crippen LogP contribution in [0.25, 0.3) is 16.9 Å². The van der Waals surface area contributed by atoms with Crippen molar-refractivity contribution in [2.24, 2.45) is 5.92 Å². The summed E-state index contributed by atoms with van der Waals surface area (Å²) in [7, 11) is 1.42. The number of aromatic nitrogens is 2. The van der Waals surface area contributed by atoms with Gasteiger partial charge in [0.2, 0.25) is 0 Å². The fourth-order valence-corrected chi connectivity index (χ4v) is 5.35. The number of benzene rings is 1. The molecule has 1 saturated carbocycles. The molecule has 1 aromatic carbocycles. The van der Waals surface area contributed by atoms with Gasteiger partial charge in [0, 0.05) is 31.3 Å². The van der Waals surface area contributed by atoms with E-state index in [0.717, 1.165) is 37.1 Å². The van der Waals surface area contributed by atoms with Crippen LogP contribution in [0.3, 0.4) is 0 Å². The van der Waals surface area contributed by atoms with Gasteiger partial charge in [-0.05, 0) is 48.6 Å². The molecule has 4 heterocycles. The summed E-state index contributed by atoms with van der Waals surface area (Å²) in [6.45, 7) is 1.22. The Bertz CT molecular complexity index is 1310. The summed E-state index contributed by atoms with van der Waals surface area (Å²) in [4.78, 5) is 20.0. The fraction of sp³-hybridized carbons (Fsp3) is 0.481. The minimum atomic E-state index is -3.07. The standard InChI is InChI=1S/C27H29F2N3O5/c1-34-22-11-18(12-23(37-26(28)29)25(22)21(33)10-17-2-3-17)20-14-30-24-13-19(4-5-32(20)24)27(15-36-16-27)31-6-8-35-9-7-31/h4-5,11-14,17,26H,2-3,6-10,15-16H2,1H3. The Labute approximate surface area is 213 Å². The first-order valence-electron chi connectivity index (χ1n) is 12.6. The molecule has 0 unspecified atom stereocenters. The topological polar surface area (TPSA) is 74.5 Å². The zero-order valence-corrected chi connectivity index (χ0v) is 20.6. The fourth-order valence-electron chi connectivity index (χ4n) is 5.35. The van der Waals surface area contributed by atoms with Crippen molar-refractivity contribution in [3.63, 3.8) is 0 Å². The van der Waals surface area contributed by atoms with E-state index in [1.807, 2.05) is 16.7 Å². The Hall–Kier alpha value is -3.08. The Kier molecular flexibility index (Phi) is 6.34. The van der Waals surface area contributed by atoms with Gasteiger partial charge in [-0.15, -0.1) is 0 Å². The largest absolute Gasteiger partial charge is 0.496 e. The molecule has 3 aromatic rings. The van der Waals surface area contributed by atoms with E-state index in [1.54, 1.807) is 12.3 Å². The van der Waals surface area contributed by atoms with Crippen LogP contribution in [0.15, 0.2) is 36.7 Å². The van der Waals surface area contributed by atoms with Crippen molar-refractivity contribution in [3.8, 4) is 22.8 Å². The second-order valence-corrected chi connectivity index (χ2v) is 9.91. The summed E-state index contributed by atoms with van der Waals surface area (Å²) in [5.41, 5.74) is 2.92. The number of pyridine rings is 1. The molecule has 37 heavy (non-hydrogen) atoms. The molecule has 196 valence electrons. The number of alkyl halides is 2. The van der Waals surface area contributed by atoms with Gasteiger partial charge in [0.05, 0.1) is 51.0 Å². The quantitative estimate of drug-likeness (QED) is 0.398. The Morgan fingerprint density at radius 1 is 1.16 bits per heavy atom. The number of carbonyl (C=O) groups excluding carboxylic acids is 1. The highest BCUT2D eigenvalue weighted by Crippen LogP contribution is 2.41. The third-order valence-electron chi connectivity index (χ3n) is 7.60. The molecule has 8 nitrogen and oxygen atoms in total. The van der Waals surface area contributed by atoms with Crippen LogP contribution < -0.4 is 9.47 Å². The van der Waals surface area contributed by atoms with Gasteiger partial charge in [0.15, 0.2) is 5.78 Å². The molecule has 0 spiro atoms. The summed E-state index contributed by atoms with van der Waals surface area (Å²) in [6.07, 6.45) is 5.85. The first-order valence-corrected chi connectivity index (χ1v) is 12.6. The van der Waals surface area contributed by atoms with Gasteiger partial charge in [0.1, 0.15) is 22.7 Å². The summed E-state index contributed by atoms with van der Waals surface area (Å²) >= 11 is 0. The first kappa shape index (κ1) is 24.3. The van der Waals surface area contributed by atoms with Crippen molar-refractivity contribution in [2.45, 2.75) is 31.4 Å². The summed E-state index contributed by atoms with van der Waals surface area (Å²) in [6, 6.07) is 7.26. The number of fused-ring (bicyclic) bond motifs is 1. The van der Waals surface area contributed by atoms with Crippen molar-refractivity contribution in [1.29, 1.82) is 0 Å². The van der Waals surface area contributed by atoms with Crippen LogP contribution in [0.1, 0.15) is 35.2 Å². The molecule has 1 aliphatic carbocycles. The van der Waals surface area contributed by atoms with E-state index in [4.69, 9.17) is 18.9 Å². The minimum absolute atomic E-state index is 0.0620. The maximum Gasteiger partial charge on any atom is 0.387 e. The van der Waals surface area contributed by atoms with Crippen LogP contribution in [0.2, 0.25) is 0 Å². The molecule has 2 saturated heterocycles. The van der Waals surface area contributed by atoms with Crippen LogP contribution in [0.5, 0.6) is 11.5 Å². The van der Waals surface area contributed by atoms with Gasteiger partial charge >= 0.3 is 6.61 Å². The predicted molar refractivity (Wildman–Crippen MR) is 130 cm³/mol. The van der Waals surface area contributed by atoms with E-state index < -0.39 is 6.61 Å². The van der Waals surface area contributed by atoms with Crippen molar-refractivity contribution in [2.75, 3.05) is 46.6 Å². The zero-order valence-electron chi connectivity index (χ0n) is 20.6. The normalized spacial score (nSPS) is 19.7. The van der Waals surface area contributed by atoms with Crippen LogP contribution in [-0.4, -0.2) is 73.3 Å². The Morgan fingerprint density at radius 3 is 2.57 bits per heavy atom. The third-order valence-corrected chi connectivity index (χ3v) is 7.60. The average molecular weight is 514 g/mol. The van der Waals surface area contributed by atoms with Gasteiger partial charge in [-0.2, -0.15) is 8.78 Å². The first-order chi connectivity index (χ1) is 18.0. The van der Waals surface area contributed by atoms with Gasteiger partial charge in [-0.1, -0.05) is 0 Å². The number of rotatable bonds is 9. The highest BCUT2D eigenvalue weighted by atomic mass is 19.3. The summed E-state index contributed by atoms with van der Waals surface area (Å²) < 4.78 is 50.0. The maximum absolute atomic E-state index is 13.3. The van der Waals surface area contributed by atoms with E-state index in [1.165, 1.54) is 13.2 Å². The number of methoxy groups -OCH3 is 1.